The Kier molecular flexibility index (Phi) is 21.3. The summed E-state index contributed by atoms with van der Waals surface area (Å²) in [7, 11) is 0. The first-order chi connectivity index (χ1) is 26.1. The van der Waals surface area contributed by atoms with Crippen molar-refractivity contribution >= 4 is 41.3 Å². The predicted octanol–water partition coefficient (Wildman–Crippen LogP) is 2.39. The highest BCUT2D eigenvalue weighted by atomic mass is 16.6. The minimum absolute atomic E-state index is 0.00511. The molecule has 1 aromatic rings. The van der Waals surface area contributed by atoms with Crippen molar-refractivity contribution in [2.24, 2.45) is 11.7 Å². The second-order valence-electron chi connectivity index (χ2n) is 15.0. The molecule has 1 fully saturated rings. The average molecular weight is 776 g/mol. The zero-order valence-corrected chi connectivity index (χ0v) is 33.6. The summed E-state index contributed by atoms with van der Waals surface area (Å²) in [6.07, 6.45) is 2.94. The first-order valence-electron chi connectivity index (χ1n) is 19.5. The predicted molar refractivity (Wildman–Crippen MR) is 209 cm³/mol. The van der Waals surface area contributed by atoms with Gasteiger partial charge in [0.05, 0.1) is 32.8 Å². The zero-order valence-electron chi connectivity index (χ0n) is 33.6. The number of carbonyl (C=O) groups excluding carboxylic acids is 6. The second-order valence-corrected chi connectivity index (χ2v) is 15.0. The van der Waals surface area contributed by atoms with E-state index in [1.54, 1.807) is 30.9 Å². The highest BCUT2D eigenvalue weighted by Gasteiger charge is 2.30. The lowest BCUT2D eigenvalue weighted by molar-refractivity contribution is -0.156. The fourth-order valence-electron chi connectivity index (χ4n) is 5.91. The summed E-state index contributed by atoms with van der Waals surface area (Å²) in [4.78, 5) is 78.3. The van der Waals surface area contributed by atoms with Gasteiger partial charge in [-0.25, -0.2) is 4.79 Å². The van der Waals surface area contributed by atoms with Crippen LogP contribution in [-0.2, 0) is 44.6 Å². The number of carbonyl (C=O) groups is 6. The number of nitrogens with zero attached hydrogens (tertiary/aromatic N) is 1. The molecular formula is C39H65N7O9. The van der Waals surface area contributed by atoms with Crippen molar-refractivity contribution < 1.29 is 43.0 Å². The molecular weight excluding hydrogens is 710 g/mol. The molecule has 0 aliphatic carbocycles. The maximum Gasteiger partial charge on any atom is 0.312 e. The number of piperidine rings is 1. The van der Waals surface area contributed by atoms with Crippen LogP contribution in [0.1, 0.15) is 92.1 Å². The van der Waals surface area contributed by atoms with Gasteiger partial charge in [-0.2, -0.15) is 0 Å². The van der Waals surface area contributed by atoms with E-state index in [2.05, 4.69) is 26.6 Å². The molecule has 1 aliphatic heterocycles. The van der Waals surface area contributed by atoms with Gasteiger partial charge >= 0.3 is 12.0 Å². The van der Waals surface area contributed by atoms with E-state index in [4.69, 9.17) is 19.9 Å². The molecule has 0 spiro atoms. The van der Waals surface area contributed by atoms with Crippen molar-refractivity contribution in [1.29, 1.82) is 0 Å². The van der Waals surface area contributed by atoms with Crippen LogP contribution in [0.5, 0.6) is 0 Å². The standard InChI is InChI=1S/C39H65N7O9/c1-7-28-10-12-29(13-11-28)43-36(50)31(9-8-19-42-38(40)52)44-37(51)35(27(2)3)45-32(47)14-15-33(48)46(30-16-20-41-21-17-30)22-24-54-26-25-53-23-18-34(49)55-39(4,5)6/h10-13,27,30-31,35,41H,7-9,14-26H2,1-6H3,(H,43,50)(H,44,51)(H,45,47)(H3,40,42,52)/t31-,35-/m0/s1. The van der Waals surface area contributed by atoms with Crippen molar-refractivity contribution in [3.63, 3.8) is 0 Å². The lowest BCUT2D eigenvalue weighted by Crippen LogP contribution is -2.54. The van der Waals surface area contributed by atoms with Crippen molar-refractivity contribution in [1.82, 2.24) is 26.2 Å². The molecule has 16 nitrogen and oxygen atoms in total. The summed E-state index contributed by atoms with van der Waals surface area (Å²) in [6, 6.07) is 4.78. The SMILES string of the molecule is CCc1ccc(NC(=O)[C@H](CCCNC(N)=O)NC(=O)[C@@H](NC(=O)CCC(=O)N(CCOCCOCCC(=O)OC(C)(C)C)C2CCNCC2)C(C)C)cc1. The van der Waals surface area contributed by atoms with E-state index in [1.165, 1.54) is 0 Å². The van der Waals surface area contributed by atoms with E-state index in [-0.39, 0.29) is 69.3 Å². The van der Waals surface area contributed by atoms with E-state index >= 15 is 0 Å². The summed E-state index contributed by atoms with van der Waals surface area (Å²) < 4.78 is 16.5. The van der Waals surface area contributed by atoms with Crippen LogP contribution < -0.4 is 32.3 Å². The van der Waals surface area contributed by atoms with Gasteiger partial charge < -0.3 is 51.4 Å². The Balaban J connectivity index is 1.93. The molecule has 0 unspecified atom stereocenters. The van der Waals surface area contributed by atoms with Crippen LogP contribution in [-0.4, -0.2) is 117 Å². The summed E-state index contributed by atoms with van der Waals surface area (Å²) in [6.45, 7) is 14.2. The third kappa shape index (κ3) is 19.7. The van der Waals surface area contributed by atoms with E-state index in [0.717, 1.165) is 37.9 Å². The summed E-state index contributed by atoms with van der Waals surface area (Å²) in [5.41, 5.74) is 6.31. The minimum atomic E-state index is -0.967. The first-order valence-corrected chi connectivity index (χ1v) is 19.5. The Morgan fingerprint density at radius 1 is 0.891 bits per heavy atom. The Labute approximate surface area is 326 Å². The molecule has 1 aromatic carbocycles. The van der Waals surface area contributed by atoms with Crippen LogP contribution in [0.15, 0.2) is 24.3 Å². The quantitative estimate of drug-likeness (QED) is 0.0665. The lowest BCUT2D eigenvalue weighted by atomic mass is 10.0. The topological polar surface area (TPSA) is 220 Å². The molecule has 1 aliphatic rings. The number of nitrogens with one attached hydrogen (secondary N) is 5. The largest absolute Gasteiger partial charge is 0.460 e. The molecule has 1 heterocycles. The maximum atomic E-state index is 13.6. The van der Waals surface area contributed by atoms with Crippen LogP contribution in [0, 0.1) is 5.92 Å². The van der Waals surface area contributed by atoms with Crippen LogP contribution >= 0.6 is 0 Å². The number of anilines is 1. The molecule has 16 heteroatoms. The lowest BCUT2D eigenvalue weighted by Gasteiger charge is -2.35. The first kappa shape index (κ1) is 46.9. The molecule has 0 aromatic heterocycles. The summed E-state index contributed by atoms with van der Waals surface area (Å²) in [5.74, 6) is -2.28. The summed E-state index contributed by atoms with van der Waals surface area (Å²) in [5, 5.41) is 14.2. The number of hydrogen-bond donors (Lipinski definition) is 6. The smallest absolute Gasteiger partial charge is 0.312 e. The molecule has 0 saturated carbocycles. The highest BCUT2D eigenvalue weighted by molar-refractivity contribution is 5.98. The van der Waals surface area contributed by atoms with Gasteiger partial charge in [0.2, 0.25) is 23.6 Å². The third-order valence-corrected chi connectivity index (χ3v) is 8.85. The van der Waals surface area contributed by atoms with Crippen molar-refractivity contribution in [3.8, 4) is 0 Å². The second kappa shape index (κ2) is 25.0. The Morgan fingerprint density at radius 2 is 1.55 bits per heavy atom. The number of aryl methyl sites for hydroxylation is 1. The molecule has 6 amide bonds. The van der Waals surface area contributed by atoms with Crippen molar-refractivity contribution in [2.75, 3.05) is 57.9 Å². The van der Waals surface area contributed by atoms with E-state index in [9.17, 15) is 28.8 Å². The van der Waals surface area contributed by atoms with Crippen LogP contribution in [0.4, 0.5) is 10.5 Å². The molecule has 0 radical (unpaired) electrons. The van der Waals surface area contributed by atoms with Crippen molar-refractivity contribution in [3.05, 3.63) is 29.8 Å². The third-order valence-electron chi connectivity index (χ3n) is 8.85. The van der Waals surface area contributed by atoms with Crippen molar-refractivity contribution in [2.45, 2.75) is 117 Å². The van der Waals surface area contributed by atoms with Gasteiger partial charge in [-0.05, 0) is 89.6 Å². The molecule has 7 N–H and O–H groups in total. The zero-order chi connectivity index (χ0) is 40.8. The highest BCUT2D eigenvalue weighted by Crippen LogP contribution is 2.15. The van der Waals surface area contributed by atoms with Crippen LogP contribution in [0.25, 0.3) is 0 Å². The van der Waals surface area contributed by atoms with Crippen LogP contribution in [0.3, 0.4) is 0 Å². The fraction of sp³-hybridized carbons (Fsp3) is 0.692. The van der Waals surface area contributed by atoms with Gasteiger partial charge in [-0.3, -0.25) is 24.0 Å². The maximum absolute atomic E-state index is 13.6. The normalized spacial score (nSPS) is 14.4. The number of rotatable bonds is 24. The van der Waals surface area contributed by atoms with Gasteiger partial charge in [-0.15, -0.1) is 0 Å². The molecule has 0 bridgehead atoms. The fourth-order valence-corrected chi connectivity index (χ4v) is 5.91. The Morgan fingerprint density at radius 3 is 2.15 bits per heavy atom. The molecule has 1 saturated heterocycles. The van der Waals surface area contributed by atoms with E-state index < -0.39 is 41.4 Å². The van der Waals surface area contributed by atoms with Crippen LogP contribution in [0.2, 0.25) is 0 Å². The molecule has 2 atom stereocenters. The van der Waals surface area contributed by atoms with Gasteiger partial charge in [0.1, 0.15) is 17.7 Å². The molecule has 310 valence electrons. The number of amides is 6. The molecule has 2 rings (SSSR count). The van der Waals surface area contributed by atoms with Gasteiger partial charge in [0.15, 0.2) is 0 Å². The number of esters is 1. The number of primary amides is 1. The van der Waals surface area contributed by atoms with E-state index in [0.29, 0.717) is 31.9 Å². The molecule has 55 heavy (non-hydrogen) atoms. The number of hydrogen-bond acceptors (Lipinski definition) is 10. The van der Waals surface area contributed by atoms with Gasteiger partial charge in [0.25, 0.3) is 0 Å². The Bertz CT molecular complexity index is 1360. The Hall–Kier alpha value is -4.28. The van der Waals surface area contributed by atoms with Gasteiger partial charge in [-0.1, -0.05) is 32.9 Å². The number of benzene rings is 1. The number of nitrogens with two attached hydrogens (primary N) is 1. The number of ether oxygens (including phenoxy) is 3. The number of urea groups is 1. The van der Waals surface area contributed by atoms with E-state index in [1.807, 2.05) is 39.8 Å². The monoisotopic (exact) mass is 775 g/mol. The van der Waals surface area contributed by atoms with Gasteiger partial charge in [0, 0.05) is 37.7 Å². The summed E-state index contributed by atoms with van der Waals surface area (Å²) >= 11 is 0. The minimum Gasteiger partial charge on any atom is -0.460 e. The average Bonchev–Trinajstić information content (AvgIpc) is 3.13.